The average Bonchev–Trinajstić information content (AvgIpc) is 3.22. The number of nitrogens with zero attached hydrogens (tertiary/aromatic N) is 3. The van der Waals surface area contributed by atoms with Gasteiger partial charge < -0.3 is 10.5 Å². The van der Waals surface area contributed by atoms with Crippen LogP contribution < -0.4 is 5.73 Å². The van der Waals surface area contributed by atoms with Crippen molar-refractivity contribution < 1.29 is 9.53 Å². The summed E-state index contributed by atoms with van der Waals surface area (Å²) in [7, 11) is 0. The molecule has 0 aliphatic carbocycles. The monoisotopic (exact) mass is 374 g/mol. The van der Waals surface area contributed by atoms with Crippen LogP contribution in [0.15, 0.2) is 44.5 Å². The van der Waals surface area contributed by atoms with Crippen molar-refractivity contribution in [3.8, 4) is 6.07 Å². The predicted molar refractivity (Wildman–Crippen MR) is 99.3 cm³/mol. The first-order valence-electron chi connectivity index (χ1n) is 8.01. The van der Waals surface area contributed by atoms with Crippen LogP contribution in [0.5, 0.6) is 0 Å². The summed E-state index contributed by atoms with van der Waals surface area (Å²) in [5, 5.41) is 11.9. The van der Waals surface area contributed by atoms with Crippen LogP contribution in [0.4, 0.5) is 0 Å². The summed E-state index contributed by atoms with van der Waals surface area (Å²) in [5.74, 6) is -0.0441. The first kappa shape index (κ1) is 17.6. The van der Waals surface area contributed by atoms with Crippen molar-refractivity contribution in [1.29, 1.82) is 5.26 Å². The van der Waals surface area contributed by atoms with Gasteiger partial charge in [0.05, 0.1) is 17.9 Å². The molecule has 0 saturated heterocycles. The zero-order valence-electron chi connectivity index (χ0n) is 14.0. The summed E-state index contributed by atoms with van der Waals surface area (Å²) < 4.78 is 5.31. The Morgan fingerprint density at radius 1 is 1.52 bits per heavy atom. The van der Waals surface area contributed by atoms with Gasteiger partial charge in [-0.15, -0.1) is 11.3 Å². The number of allylic oxidation sites excluding steroid dienone is 2. The van der Waals surface area contributed by atoms with Gasteiger partial charge in [-0.25, -0.2) is 9.79 Å². The fourth-order valence-electron chi connectivity index (χ4n) is 2.86. The van der Waals surface area contributed by atoms with Crippen LogP contribution in [0, 0.1) is 11.3 Å². The molecular formula is C17H18N4O2S2. The molecule has 0 amide bonds. The van der Waals surface area contributed by atoms with Crippen molar-refractivity contribution in [2.75, 3.05) is 6.61 Å². The van der Waals surface area contributed by atoms with Gasteiger partial charge in [-0.2, -0.15) is 5.26 Å². The Labute approximate surface area is 154 Å². The van der Waals surface area contributed by atoms with Gasteiger partial charge in [-0.05, 0) is 36.6 Å². The molecule has 3 rings (SSSR count). The standard InChI is InChI=1S/C17H18N4O2S2/c1-3-6-10-13(16(22)23-4-2)14(11-7-5-8-24-11)21-15(19)12(9-18)25-17(21)20-10/h5,7-8,14H,3-4,6,19H2,1-2H3/t14-/m1/s1. The number of carbonyl (C=O) groups is 1. The highest BCUT2D eigenvalue weighted by Crippen LogP contribution is 2.47. The maximum Gasteiger partial charge on any atom is 0.338 e. The number of amidine groups is 1. The van der Waals surface area contributed by atoms with Gasteiger partial charge >= 0.3 is 5.97 Å². The zero-order valence-corrected chi connectivity index (χ0v) is 15.6. The summed E-state index contributed by atoms with van der Waals surface area (Å²) >= 11 is 2.79. The molecule has 3 heterocycles. The normalized spacial score (nSPS) is 19.6. The molecule has 8 heteroatoms. The molecule has 0 saturated carbocycles. The van der Waals surface area contributed by atoms with E-state index < -0.39 is 6.04 Å². The number of hydrogen-bond acceptors (Lipinski definition) is 8. The Morgan fingerprint density at radius 3 is 2.92 bits per heavy atom. The predicted octanol–water partition coefficient (Wildman–Crippen LogP) is 3.48. The van der Waals surface area contributed by atoms with Crippen molar-refractivity contribution in [2.45, 2.75) is 32.7 Å². The number of carbonyl (C=O) groups excluding carboxylic acids is 1. The SMILES string of the molecule is CCCC1=C(C(=O)OCC)[C@@H](c2cccs2)N2C(=N1)SC(C#N)=C2N. The first-order chi connectivity index (χ1) is 12.1. The fourth-order valence-corrected chi connectivity index (χ4v) is 4.57. The van der Waals surface area contributed by atoms with Gasteiger partial charge in [0.15, 0.2) is 5.17 Å². The topological polar surface area (TPSA) is 91.7 Å². The highest BCUT2D eigenvalue weighted by atomic mass is 32.2. The third-order valence-corrected chi connectivity index (χ3v) is 5.76. The highest BCUT2D eigenvalue weighted by molar-refractivity contribution is 8.17. The number of thioether (sulfide) groups is 1. The lowest BCUT2D eigenvalue weighted by molar-refractivity contribution is -0.139. The average molecular weight is 374 g/mol. The van der Waals surface area contributed by atoms with Crippen LogP contribution in [0.25, 0.3) is 0 Å². The molecule has 130 valence electrons. The van der Waals surface area contributed by atoms with Crippen molar-refractivity contribution in [1.82, 2.24) is 4.90 Å². The molecule has 0 fully saturated rings. The number of nitriles is 1. The van der Waals surface area contributed by atoms with Gasteiger partial charge in [0.2, 0.25) is 0 Å². The second-order valence-electron chi connectivity index (χ2n) is 5.44. The lowest BCUT2D eigenvalue weighted by Gasteiger charge is -2.34. The van der Waals surface area contributed by atoms with Crippen molar-refractivity contribution >= 4 is 34.2 Å². The van der Waals surface area contributed by atoms with E-state index in [0.29, 0.717) is 40.2 Å². The molecular weight excluding hydrogens is 356 g/mol. The Hall–Kier alpha value is -2.24. The van der Waals surface area contributed by atoms with E-state index in [1.54, 1.807) is 11.8 Å². The Balaban J connectivity index is 2.19. The van der Waals surface area contributed by atoms with Gasteiger partial charge in [0.1, 0.15) is 22.8 Å². The minimum absolute atomic E-state index is 0.291. The van der Waals surface area contributed by atoms with Crippen LogP contribution in [-0.4, -0.2) is 22.6 Å². The number of thiophene rings is 1. The van der Waals surface area contributed by atoms with Crippen molar-refractivity contribution in [3.05, 3.63) is 44.4 Å². The van der Waals surface area contributed by atoms with E-state index in [0.717, 1.165) is 11.3 Å². The lowest BCUT2D eigenvalue weighted by Crippen LogP contribution is -2.38. The minimum Gasteiger partial charge on any atom is -0.463 e. The van der Waals surface area contributed by atoms with E-state index in [-0.39, 0.29) is 5.97 Å². The Bertz CT molecular complexity index is 818. The van der Waals surface area contributed by atoms with Crippen LogP contribution >= 0.6 is 23.1 Å². The van der Waals surface area contributed by atoms with Crippen LogP contribution in [0.1, 0.15) is 37.6 Å². The number of fused-ring (bicyclic) bond motifs is 1. The quantitative estimate of drug-likeness (QED) is 0.794. The Morgan fingerprint density at radius 2 is 2.32 bits per heavy atom. The number of ether oxygens (including phenoxy) is 1. The number of hydrogen-bond donors (Lipinski definition) is 1. The maximum atomic E-state index is 12.7. The fraction of sp³-hybridized carbons (Fsp3) is 0.353. The summed E-state index contributed by atoms with van der Waals surface area (Å²) in [6.07, 6.45) is 1.51. The highest BCUT2D eigenvalue weighted by Gasteiger charge is 2.43. The first-order valence-corrected chi connectivity index (χ1v) is 9.71. The molecule has 2 aliphatic rings. The van der Waals surface area contributed by atoms with Crippen LogP contribution in [0.2, 0.25) is 0 Å². The molecule has 25 heavy (non-hydrogen) atoms. The number of rotatable bonds is 5. The van der Waals surface area contributed by atoms with Crippen LogP contribution in [-0.2, 0) is 9.53 Å². The molecule has 0 spiro atoms. The lowest BCUT2D eigenvalue weighted by atomic mass is 9.98. The number of esters is 1. The number of nitrogens with two attached hydrogens (primary N) is 1. The molecule has 0 aromatic carbocycles. The summed E-state index contributed by atoms with van der Waals surface area (Å²) in [6.45, 7) is 4.11. The minimum atomic E-state index is -0.411. The number of aliphatic imine (C=N–C) groups is 1. The molecule has 1 aromatic rings. The van der Waals surface area contributed by atoms with E-state index in [1.165, 1.54) is 23.1 Å². The van der Waals surface area contributed by atoms with Crippen molar-refractivity contribution in [2.24, 2.45) is 10.7 Å². The molecule has 0 unspecified atom stereocenters. The second kappa shape index (κ2) is 7.33. The maximum absolute atomic E-state index is 12.7. The molecule has 1 atom stereocenters. The van der Waals surface area contributed by atoms with E-state index in [9.17, 15) is 10.1 Å². The molecule has 0 bridgehead atoms. The van der Waals surface area contributed by atoms with Gasteiger partial charge in [0.25, 0.3) is 0 Å². The second-order valence-corrected chi connectivity index (χ2v) is 7.40. The third-order valence-electron chi connectivity index (χ3n) is 3.86. The van der Waals surface area contributed by atoms with E-state index >= 15 is 0 Å². The zero-order chi connectivity index (χ0) is 18.0. The molecule has 6 nitrogen and oxygen atoms in total. The molecule has 2 aliphatic heterocycles. The van der Waals surface area contributed by atoms with E-state index in [4.69, 9.17) is 10.5 Å². The van der Waals surface area contributed by atoms with E-state index in [1.807, 2.05) is 24.4 Å². The molecule has 2 N–H and O–H groups in total. The summed E-state index contributed by atoms with van der Waals surface area (Å²) in [5.41, 5.74) is 7.43. The van der Waals surface area contributed by atoms with Gasteiger partial charge in [-0.1, -0.05) is 19.4 Å². The smallest absolute Gasteiger partial charge is 0.338 e. The van der Waals surface area contributed by atoms with Gasteiger partial charge in [0, 0.05) is 4.88 Å². The largest absolute Gasteiger partial charge is 0.463 e. The Kier molecular flexibility index (Phi) is 5.16. The van der Waals surface area contributed by atoms with E-state index in [2.05, 4.69) is 11.1 Å². The molecule has 0 radical (unpaired) electrons. The summed E-state index contributed by atoms with van der Waals surface area (Å²) in [6, 6.07) is 5.60. The molecule has 1 aromatic heterocycles. The van der Waals surface area contributed by atoms with Gasteiger partial charge in [-0.3, -0.25) is 4.90 Å². The van der Waals surface area contributed by atoms with Crippen molar-refractivity contribution in [3.63, 3.8) is 0 Å². The summed E-state index contributed by atoms with van der Waals surface area (Å²) in [4.78, 5) is 20.5. The third kappa shape index (κ3) is 3.05. The van der Waals surface area contributed by atoms with Crippen LogP contribution in [0.3, 0.4) is 0 Å².